The fourth-order valence-electron chi connectivity index (χ4n) is 1.84. The van der Waals surface area contributed by atoms with Gasteiger partial charge in [0.25, 0.3) is 0 Å². The van der Waals surface area contributed by atoms with Gasteiger partial charge in [-0.3, -0.25) is 0 Å². The van der Waals surface area contributed by atoms with Crippen LogP contribution in [0, 0.1) is 11.3 Å². The Morgan fingerprint density at radius 3 is 2.50 bits per heavy atom. The van der Waals surface area contributed by atoms with E-state index in [4.69, 9.17) is 5.26 Å². The average molecular weight is 223 g/mol. The molecule has 1 saturated carbocycles. The molecule has 0 saturated heterocycles. The van der Waals surface area contributed by atoms with Gasteiger partial charge in [-0.15, -0.1) is 8.78 Å². The highest BCUT2D eigenvalue weighted by molar-refractivity contribution is 5.50. The Balaban J connectivity index is 2.01. The Hall–Kier alpha value is -1.83. The molecule has 1 heterocycles. The first kappa shape index (κ1) is 9.40. The third-order valence-corrected chi connectivity index (χ3v) is 2.92. The number of ether oxygens (including phenoxy) is 2. The van der Waals surface area contributed by atoms with Gasteiger partial charge >= 0.3 is 6.29 Å². The lowest BCUT2D eigenvalue weighted by Gasteiger charge is -2.06. The Morgan fingerprint density at radius 1 is 1.19 bits per heavy atom. The predicted octanol–water partition coefficient (Wildman–Crippen LogP) is 2.56. The number of nitriles is 1. The molecular weight excluding hydrogens is 216 g/mol. The van der Waals surface area contributed by atoms with Crippen molar-refractivity contribution in [2.24, 2.45) is 0 Å². The second-order valence-corrected chi connectivity index (χ2v) is 4.02. The van der Waals surface area contributed by atoms with Gasteiger partial charge in [0.05, 0.1) is 11.5 Å². The van der Waals surface area contributed by atoms with Crippen molar-refractivity contribution < 1.29 is 18.3 Å². The van der Waals surface area contributed by atoms with Gasteiger partial charge < -0.3 is 9.47 Å². The topological polar surface area (TPSA) is 42.2 Å². The lowest BCUT2D eigenvalue weighted by molar-refractivity contribution is -0.286. The quantitative estimate of drug-likeness (QED) is 0.734. The number of hydrogen-bond acceptors (Lipinski definition) is 3. The van der Waals surface area contributed by atoms with Crippen molar-refractivity contribution in [1.82, 2.24) is 0 Å². The van der Waals surface area contributed by atoms with E-state index in [0.29, 0.717) is 0 Å². The smallest absolute Gasteiger partial charge is 0.395 e. The minimum atomic E-state index is -3.59. The summed E-state index contributed by atoms with van der Waals surface area (Å²) >= 11 is 0. The summed E-state index contributed by atoms with van der Waals surface area (Å²) in [4.78, 5) is 0. The summed E-state index contributed by atoms with van der Waals surface area (Å²) in [5.41, 5.74) is 0.214. The van der Waals surface area contributed by atoms with Gasteiger partial charge in [-0.1, -0.05) is 6.07 Å². The Labute approximate surface area is 90.2 Å². The molecule has 0 N–H and O–H groups in total. The van der Waals surface area contributed by atoms with Crippen LogP contribution in [0.4, 0.5) is 8.78 Å². The van der Waals surface area contributed by atoms with Crippen molar-refractivity contribution >= 4 is 0 Å². The highest BCUT2D eigenvalue weighted by atomic mass is 19.3. The predicted molar refractivity (Wildman–Crippen MR) is 49.2 cm³/mol. The number of alkyl halides is 2. The minimum absolute atomic E-state index is 0.00373. The third kappa shape index (κ3) is 1.23. The van der Waals surface area contributed by atoms with Crippen LogP contribution in [-0.2, 0) is 5.41 Å². The van der Waals surface area contributed by atoms with Crippen molar-refractivity contribution in [3.63, 3.8) is 0 Å². The lowest BCUT2D eigenvalue weighted by Crippen LogP contribution is -2.25. The molecule has 0 spiro atoms. The zero-order valence-corrected chi connectivity index (χ0v) is 8.17. The van der Waals surface area contributed by atoms with E-state index < -0.39 is 11.7 Å². The number of rotatable bonds is 1. The average Bonchev–Trinajstić information content (AvgIpc) is 2.95. The molecule has 16 heavy (non-hydrogen) atoms. The Kier molecular flexibility index (Phi) is 1.55. The van der Waals surface area contributed by atoms with Gasteiger partial charge in [0.1, 0.15) is 0 Å². The Morgan fingerprint density at radius 2 is 1.88 bits per heavy atom. The summed E-state index contributed by atoms with van der Waals surface area (Å²) in [5.74, 6) is 0.0199. The van der Waals surface area contributed by atoms with E-state index in [1.807, 2.05) is 0 Å². The third-order valence-electron chi connectivity index (χ3n) is 2.92. The van der Waals surface area contributed by atoms with E-state index in [1.165, 1.54) is 12.1 Å². The van der Waals surface area contributed by atoms with Crippen LogP contribution >= 0.6 is 0 Å². The van der Waals surface area contributed by atoms with E-state index >= 15 is 0 Å². The van der Waals surface area contributed by atoms with Crippen LogP contribution in [0.1, 0.15) is 18.4 Å². The number of benzene rings is 1. The van der Waals surface area contributed by atoms with Crippen molar-refractivity contribution in [1.29, 1.82) is 5.26 Å². The molecular formula is C11H7F2NO2. The molecule has 0 amide bonds. The number of fused-ring (bicyclic) bond motifs is 1. The van der Waals surface area contributed by atoms with E-state index in [1.54, 1.807) is 6.07 Å². The van der Waals surface area contributed by atoms with Crippen LogP contribution in [0.2, 0.25) is 0 Å². The van der Waals surface area contributed by atoms with E-state index in [9.17, 15) is 8.78 Å². The summed E-state index contributed by atoms with van der Waals surface area (Å²) in [6.45, 7) is 0. The van der Waals surface area contributed by atoms with Gasteiger partial charge in [-0.05, 0) is 30.5 Å². The first-order chi connectivity index (χ1) is 7.55. The van der Waals surface area contributed by atoms with Crippen molar-refractivity contribution in [2.45, 2.75) is 24.6 Å². The zero-order chi connectivity index (χ0) is 11.4. The molecule has 0 bridgehead atoms. The van der Waals surface area contributed by atoms with Crippen molar-refractivity contribution in [2.75, 3.05) is 0 Å². The highest BCUT2D eigenvalue weighted by Gasteiger charge is 2.48. The van der Waals surface area contributed by atoms with Crippen LogP contribution in [0.5, 0.6) is 11.5 Å². The van der Waals surface area contributed by atoms with E-state index in [2.05, 4.69) is 15.5 Å². The standard InChI is InChI=1S/C11H7F2NO2/c12-11(13)15-8-2-1-7(5-9(8)16-11)10(6-14)3-4-10/h1-2,5H,3-4H2. The van der Waals surface area contributed by atoms with Crippen LogP contribution in [0.3, 0.4) is 0 Å². The van der Waals surface area contributed by atoms with Gasteiger partial charge in [0.15, 0.2) is 11.5 Å². The fraction of sp³-hybridized carbons (Fsp3) is 0.364. The van der Waals surface area contributed by atoms with E-state index in [-0.39, 0.29) is 11.5 Å². The van der Waals surface area contributed by atoms with Crippen LogP contribution in [0.25, 0.3) is 0 Å². The summed E-state index contributed by atoms with van der Waals surface area (Å²) in [6.07, 6.45) is -2.07. The summed E-state index contributed by atoms with van der Waals surface area (Å²) in [5, 5.41) is 8.99. The summed E-state index contributed by atoms with van der Waals surface area (Å²) < 4.78 is 34.1. The molecule has 1 fully saturated rings. The van der Waals surface area contributed by atoms with Crippen LogP contribution < -0.4 is 9.47 Å². The summed E-state index contributed by atoms with van der Waals surface area (Å²) in [6, 6.07) is 6.72. The second kappa shape index (κ2) is 2.64. The lowest BCUT2D eigenvalue weighted by atomic mass is 9.97. The first-order valence-corrected chi connectivity index (χ1v) is 4.86. The largest absolute Gasteiger partial charge is 0.586 e. The Bertz CT molecular complexity index is 503. The molecule has 2 aliphatic rings. The van der Waals surface area contributed by atoms with Crippen molar-refractivity contribution in [3.05, 3.63) is 23.8 Å². The maximum atomic E-state index is 12.8. The van der Waals surface area contributed by atoms with Gasteiger partial charge in [-0.2, -0.15) is 5.26 Å². The van der Waals surface area contributed by atoms with Gasteiger partial charge in [0.2, 0.25) is 0 Å². The van der Waals surface area contributed by atoms with Crippen LogP contribution in [-0.4, -0.2) is 6.29 Å². The zero-order valence-electron chi connectivity index (χ0n) is 8.17. The maximum absolute atomic E-state index is 12.8. The SMILES string of the molecule is N#CC1(c2ccc3c(c2)OC(F)(F)O3)CC1. The second-order valence-electron chi connectivity index (χ2n) is 4.02. The molecule has 3 rings (SSSR count). The van der Waals surface area contributed by atoms with Crippen molar-refractivity contribution in [3.8, 4) is 17.6 Å². The molecule has 0 aromatic heterocycles. The van der Waals surface area contributed by atoms with Crippen LogP contribution in [0.15, 0.2) is 18.2 Å². The highest BCUT2D eigenvalue weighted by Crippen LogP contribution is 2.51. The number of hydrogen-bond donors (Lipinski definition) is 0. The normalized spacial score (nSPS) is 22.6. The molecule has 1 aliphatic carbocycles. The number of nitrogens with zero attached hydrogens (tertiary/aromatic N) is 1. The molecule has 1 aromatic rings. The molecule has 3 nitrogen and oxygen atoms in total. The molecule has 0 unspecified atom stereocenters. The van der Waals surface area contributed by atoms with Gasteiger partial charge in [-0.25, -0.2) is 0 Å². The first-order valence-electron chi connectivity index (χ1n) is 4.86. The molecule has 0 atom stereocenters. The minimum Gasteiger partial charge on any atom is -0.395 e. The maximum Gasteiger partial charge on any atom is 0.586 e. The van der Waals surface area contributed by atoms with Gasteiger partial charge in [0, 0.05) is 0 Å². The fourth-order valence-corrected chi connectivity index (χ4v) is 1.84. The molecule has 1 aromatic carbocycles. The monoisotopic (exact) mass is 223 g/mol. The summed E-state index contributed by atoms with van der Waals surface area (Å²) in [7, 11) is 0. The molecule has 1 aliphatic heterocycles. The number of halogens is 2. The molecule has 5 heteroatoms. The molecule has 82 valence electrons. The van der Waals surface area contributed by atoms with E-state index in [0.717, 1.165) is 18.4 Å². The molecule has 0 radical (unpaired) electrons.